The Kier molecular flexibility index (Phi) is 8.26. The summed E-state index contributed by atoms with van der Waals surface area (Å²) in [5.74, 6) is 0.177. The highest BCUT2D eigenvalue weighted by atomic mass is 32.2. The highest BCUT2D eigenvalue weighted by Gasteiger charge is 2.31. The van der Waals surface area contributed by atoms with Gasteiger partial charge in [-0.1, -0.05) is 72.8 Å². The second-order valence-corrected chi connectivity index (χ2v) is 11.6. The molecule has 6 aromatic rings. The van der Waals surface area contributed by atoms with Crippen molar-refractivity contribution in [2.45, 2.75) is 9.79 Å². The summed E-state index contributed by atoms with van der Waals surface area (Å²) in [4.78, 5) is -0.659. The van der Waals surface area contributed by atoms with Crippen LogP contribution in [0.25, 0.3) is 0 Å². The van der Waals surface area contributed by atoms with Crippen molar-refractivity contribution < 1.29 is 37.6 Å². The van der Waals surface area contributed by atoms with Crippen LogP contribution >= 0.6 is 0 Å². The van der Waals surface area contributed by atoms with E-state index in [9.17, 15) is 18.6 Å². The Labute approximate surface area is 259 Å². The SMILES string of the molecule is O=S(=O)(c1cc(Oc2ccccc2)c(O)cc1Oc1ccccc1)c1cc(Oc2ccccc2)c(O)cc1Oc1ccccc1. The fourth-order valence-electron chi connectivity index (χ4n) is 4.38. The smallest absolute Gasteiger partial charge is 0.214 e. The van der Waals surface area contributed by atoms with E-state index in [4.69, 9.17) is 18.9 Å². The number of para-hydroxylation sites is 4. The molecule has 6 rings (SSSR count). The Morgan fingerprint density at radius 1 is 0.378 bits per heavy atom. The van der Waals surface area contributed by atoms with E-state index in [-0.39, 0.29) is 44.3 Å². The minimum absolute atomic E-state index is 0.120. The van der Waals surface area contributed by atoms with Crippen LogP contribution < -0.4 is 18.9 Å². The lowest BCUT2D eigenvalue weighted by atomic mass is 10.2. The molecule has 0 fully saturated rings. The first-order valence-electron chi connectivity index (χ1n) is 13.8. The van der Waals surface area contributed by atoms with Crippen LogP contribution in [0.5, 0.6) is 57.5 Å². The number of rotatable bonds is 10. The summed E-state index contributed by atoms with van der Waals surface area (Å²) >= 11 is 0. The molecule has 0 amide bonds. The van der Waals surface area contributed by atoms with Gasteiger partial charge in [-0.15, -0.1) is 0 Å². The Balaban J connectivity index is 1.53. The van der Waals surface area contributed by atoms with E-state index in [1.54, 1.807) is 121 Å². The molecule has 6 aromatic carbocycles. The Morgan fingerprint density at radius 2 is 0.644 bits per heavy atom. The third kappa shape index (κ3) is 6.69. The third-order valence-corrected chi connectivity index (χ3v) is 8.31. The molecule has 0 saturated heterocycles. The average molecular weight is 619 g/mol. The fourth-order valence-corrected chi connectivity index (χ4v) is 5.88. The molecule has 8 nitrogen and oxygen atoms in total. The fraction of sp³-hybridized carbons (Fsp3) is 0. The van der Waals surface area contributed by atoms with Crippen LogP contribution in [0.3, 0.4) is 0 Å². The normalized spacial score (nSPS) is 11.0. The predicted octanol–water partition coefficient (Wildman–Crippen LogP) is 9.10. The van der Waals surface area contributed by atoms with Gasteiger partial charge in [0, 0.05) is 24.3 Å². The lowest BCUT2D eigenvalue weighted by molar-refractivity contribution is 0.398. The van der Waals surface area contributed by atoms with Crippen LogP contribution in [0.15, 0.2) is 155 Å². The van der Waals surface area contributed by atoms with Crippen LogP contribution in [-0.4, -0.2) is 18.6 Å². The monoisotopic (exact) mass is 618 g/mol. The number of aromatic hydroxyl groups is 2. The summed E-state index contributed by atoms with van der Waals surface area (Å²) < 4.78 is 53.0. The molecule has 0 aliphatic carbocycles. The third-order valence-electron chi connectivity index (χ3n) is 6.51. The van der Waals surface area contributed by atoms with Crippen molar-refractivity contribution in [3.8, 4) is 57.5 Å². The topological polar surface area (TPSA) is 112 Å². The van der Waals surface area contributed by atoms with Gasteiger partial charge in [0.25, 0.3) is 0 Å². The van der Waals surface area contributed by atoms with E-state index < -0.39 is 9.84 Å². The van der Waals surface area contributed by atoms with Crippen molar-refractivity contribution in [1.82, 2.24) is 0 Å². The Bertz CT molecular complexity index is 1870. The first-order valence-corrected chi connectivity index (χ1v) is 15.3. The van der Waals surface area contributed by atoms with E-state index >= 15 is 0 Å². The standard InChI is InChI=1S/C36H26O8S/c37-29-21-33(43-27-17-9-3-10-18-27)35(23-31(29)41-25-13-5-1-6-14-25)45(39,40)36-24-32(42-26-15-7-2-8-16-26)30(38)22-34(36)44-28-19-11-4-12-20-28/h1-24,37-38H. The van der Waals surface area contributed by atoms with Gasteiger partial charge in [0.15, 0.2) is 23.0 Å². The number of phenolic OH excluding ortho intramolecular Hbond substituents is 2. The molecule has 0 saturated carbocycles. The van der Waals surface area contributed by atoms with Crippen molar-refractivity contribution in [2.24, 2.45) is 0 Å². The summed E-state index contributed by atoms with van der Waals surface area (Å²) in [6.45, 7) is 0. The maximum absolute atomic E-state index is 14.7. The minimum Gasteiger partial charge on any atom is -0.504 e. The molecule has 0 unspecified atom stereocenters. The number of ether oxygens (including phenoxy) is 4. The maximum Gasteiger partial charge on any atom is 0.214 e. The number of sulfone groups is 1. The van der Waals surface area contributed by atoms with Gasteiger partial charge in [-0.25, -0.2) is 8.42 Å². The second-order valence-electron chi connectivity index (χ2n) is 9.70. The van der Waals surface area contributed by atoms with Crippen LogP contribution in [0.1, 0.15) is 0 Å². The summed E-state index contributed by atoms with van der Waals surface area (Å²) in [7, 11) is -4.54. The molecule has 45 heavy (non-hydrogen) atoms. The van der Waals surface area contributed by atoms with E-state index in [1.165, 1.54) is 24.3 Å². The molecule has 0 radical (unpaired) electrons. The molecular formula is C36H26O8S. The zero-order valence-electron chi connectivity index (χ0n) is 23.6. The van der Waals surface area contributed by atoms with Crippen LogP contribution in [0, 0.1) is 0 Å². The molecule has 0 aliphatic heterocycles. The number of benzene rings is 6. The molecule has 9 heteroatoms. The van der Waals surface area contributed by atoms with Gasteiger partial charge in [0.2, 0.25) is 9.84 Å². The quantitative estimate of drug-likeness (QED) is 0.156. The lowest BCUT2D eigenvalue weighted by Gasteiger charge is -2.18. The zero-order valence-corrected chi connectivity index (χ0v) is 24.4. The molecule has 0 spiro atoms. The van der Waals surface area contributed by atoms with Gasteiger partial charge in [-0.05, 0) is 48.5 Å². The van der Waals surface area contributed by atoms with E-state index in [0.29, 0.717) is 23.0 Å². The van der Waals surface area contributed by atoms with Gasteiger partial charge >= 0.3 is 0 Å². The van der Waals surface area contributed by atoms with Gasteiger partial charge in [0.1, 0.15) is 44.3 Å². The first kappa shape index (κ1) is 29.2. The van der Waals surface area contributed by atoms with Gasteiger partial charge in [-0.2, -0.15) is 0 Å². The predicted molar refractivity (Wildman–Crippen MR) is 168 cm³/mol. The summed E-state index contributed by atoms with van der Waals surface area (Å²) in [5.41, 5.74) is 0. The van der Waals surface area contributed by atoms with Crippen molar-refractivity contribution in [2.75, 3.05) is 0 Å². The first-order chi connectivity index (χ1) is 21.9. The molecular weight excluding hydrogens is 592 g/mol. The molecule has 0 heterocycles. The highest BCUT2D eigenvalue weighted by Crippen LogP contribution is 2.47. The molecule has 224 valence electrons. The van der Waals surface area contributed by atoms with Crippen LogP contribution in [-0.2, 0) is 9.84 Å². The van der Waals surface area contributed by atoms with Gasteiger partial charge in [0.05, 0.1) is 0 Å². The van der Waals surface area contributed by atoms with E-state index in [0.717, 1.165) is 0 Å². The number of hydrogen-bond acceptors (Lipinski definition) is 8. The maximum atomic E-state index is 14.7. The molecule has 0 aromatic heterocycles. The van der Waals surface area contributed by atoms with Crippen LogP contribution in [0.2, 0.25) is 0 Å². The lowest BCUT2D eigenvalue weighted by Crippen LogP contribution is -2.07. The second kappa shape index (κ2) is 12.7. The largest absolute Gasteiger partial charge is 0.504 e. The van der Waals surface area contributed by atoms with Gasteiger partial charge < -0.3 is 29.2 Å². The van der Waals surface area contributed by atoms with Crippen molar-refractivity contribution in [1.29, 1.82) is 0 Å². The summed E-state index contributed by atoms with van der Waals surface area (Å²) in [6.07, 6.45) is 0. The molecule has 0 bridgehead atoms. The molecule has 2 N–H and O–H groups in total. The van der Waals surface area contributed by atoms with Crippen LogP contribution in [0.4, 0.5) is 0 Å². The average Bonchev–Trinajstić information content (AvgIpc) is 3.05. The Hall–Kier alpha value is -5.93. The molecule has 0 atom stereocenters. The van der Waals surface area contributed by atoms with Crippen molar-refractivity contribution >= 4 is 9.84 Å². The van der Waals surface area contributed by atoms with E-state index in [2.05, 4.69) is 0 Å². The number of phenols is 2. The van der Waals surface area contributed by atoms with Crippen molar-refractivity contribution in [3.05, 3.63) is 146 Å². The summed E-state index contributed by atoms with van der Waals surface area (Å²) in [5, 5.41) is 21.8. The Morgan fingerprint density at radius 3 is 0.933 bits per heavy atom. The van der Waals surface area contributed by atoms with Crippen molar-refractivity contribution in [3.63, 3.8) is 0 Å². The minimum atomic E-state index is -4.54. The molecule has 0 aliphatic rings. The highest BCUT2D eigenvalue weighted by molar-refractivity contribution is 7.91. The number of hydrogen-bond donors (Lipinski definition) is 2. The van der Waals surface area contributed by atoms with E-state index in [1.807, 2.05) is 0 Å². The zero-order chi connectivity index (χ0) is 31.2. The van der Waals surface area contributed by atoms with Gasteiger partial charge in [-0.3, -0.25) is 0 Å². The summed E-state index contributed by atoms with van der Waals surface area (Å²) in [6, 6.07) is 39.1.